The quantitative estimate of drug-likeness (QED) is 0.312. The summed E-state index contributed by atoms with van der Waals surface area (Å²) in [5, 5.41) is 6.63. The van der Waals surface area contributed by atoms with Crippen LogP contribution in [0.3, 0.4) is 0 Å². The molecule has 1 aliphatic rings. The molecule has 1 atom stereocenters. The summed E-state index contributed by atoms with van der Waals surface area (Å²) in [5.41, 5.74) is 0.952. The van der Waals surface area contributed by atoms with Crippen LogP contribution in [0, 0.1) is 5.82 Å². The van der Waals surface area contributed by atoms with Gasteiger partial charge in [0.25, 0.3) is 0 Å². The second kappa shape index (κ2) is 10.4. The Morgan fingerprint density at radius 3 is 2.83 bits per heavy atom. The van der Waals surface area contributed by atoms with Crippen molar-refractivity contribution in [1.29, 1.82) is 0 Å². The molecule has 1 aromatic rings. The maximum absolute atomic E-state index is 13.4. The van der Waals surface area contributed by atoms with E-state index in [1.165, 1.54) is 25.5 Å². The highest BCUT2D eigenvalue weighted by atomic mass is 127. The largest absolute Gasteiger partial charge is 0.355 e. The van der Waals surface area contributed by atoms with E-state index in [-0.39, 0.29) is 29.8 Å². The number of likely N-dealkylation sites (tertiary alicyclic amines) is 1. The molecule has 0 aliphatic carbocycles. The molecule has 1 saturated heterocycles. The summed E-state index contributed by atoms with van der Waals surface area (Å²) in [5.74, 6) is 0.557. The van der Waals surface area contributed by atoms with Gasteiger partial charge in [0.2, 0.25) is 0 Å². The third-order valence-electron chi connectivity index (χ3n) is 4.09. The normalized spacial score (nSPS) is 18.6. The zero-order valence-corrected chi connectivity index (χ0v) is 17.1. The number of nitrogens with one attached hydrogen (secondary N) is 2. The number of likely N-dealkylation sites (N-methyl/N-ethyl adjacent to an activating group) is 1. The smallest absolute Gasteiger partial charge is 0.191 e. The molecule has 7 heteroatoms. The lowest BCUT2D eigenvalue weighted by Gasteiger charge is -2.21. The van der Waals surface area contributed by atoms with Crippen LogP contribution in [0.25, 0.3) is 0 Å². The maximum atomic E-state index is 13.4. The molecule has 2 N–H and O–H groups in total. The molecule has 1 aromatic carbocycles. The molecule has 1 heterocycles. The molecule has 4 nitrogen and oxygen atoms in total. The Hall–Kier alpha value is -0.540. The zero-order valence-electron chi connectivity index (χ0n) is 13.9. The number of rotatable bonds is 5. The van der Waals surface area contributed by atoms with Crippen molar-refractivity contribution in [2.45, 2.75) is 30.3 Å². The van der Waals surface area contributed by atoms with Gasteiger partial charge in [-0.05, 0) is 56.5 Å². The molecule has 23 heavy (non-hydrogen) atoms. The summed E-state index contributed by atoms with van der Waals surface area (Å²) in [6, 6.07) is 5.46. The van der Waals surface area contributed by atoms with E-state index in [4.69, 9.17) is 0 Å². The highest BCUT2D eigenvalue weighted by Gasteiger charge is 2.20. The van der Waals surface area contributed by atoms with Gasteiger partial charge in [-0.2, -0.15) is 0 Å². The van der Waals surface area contributed by atoms with Crippen molar-refractivity contribution in [2.24, 2.45) is 4.99 Å². The Bertz CT molecular complexity index is 527. The zero-order chi connectivity index (χ0) is 15.9. The number of hydrogen-bond acceptors (Lipinski definition) is 3. The predicted octanol–water partition coefficient (Wildman–Crippen LogP) is 2.92. The van der Waals surface area contributed by atoms with Crippen molar-refractivity contribution in [2.75, 3.05) is 33.4 Å². The summed E-state index contributed by atoms with van der Waals surface area (Å²) in [6.45, 7) is 2.61. The van der Waals surface area contributed by atoms with Crippen LogP contribution < -0.4 is 10.6 Å². The van der Waals surface area contributed by atoms with Gasteiger partial charge in [-0.3, -0.25) is 4.99 Å². The molecule has 1 unspecified atom stereocenters. The Balaban J connectivity index is 0.00000264. The average Bonchev–Trinajstić information content (AvgIpc) is 2.93. The van der Waals surface area contributed by atoms with Crippen LogP contribution in [0.2, 0.25) is 0 Å². The van der Waals surface area contributed by atoms with E-state index in [1.54, 1.807) is 24.9 Å². The first kappa shape index (κ1) is 20.5. The molecule has 2 rings (SSSR count). The van der Waals surface area contributed by atoms with E-state index >= 15 is 0 Å². The van der Waals surface area contributed by atoms with Crippen LogP contribution in [0.1, 0.15) is 18.4 Å². The third-order valence-corrected chi connectivity index (χ3v) is 4.93. The maximum Gasteiger partial charge on any atom is 0.191 e. The molecule has 1 aliphatic heterocycles. The van der Waals surface area contributed by atoms with Crippen LogP contribution in [-0.2, 0) is 6.54 Å². The Kier molecular flexibility index (Phi) is 9.23. The van der Waals surface area contributed by atoms with Gasteiger partial charge in [-0.25, -0.2) is 4.39 Å². The van der Waals surface area contributed by atoms with Crippen LogP contribution in [-0.4, -0.2) is 50.3 Å². The molecule has 0 aromatic heterocycles. The van der Waals surface area contributed by atoms with Gasteiger partial charge in [-0.15, -0.1) is 35.7 Å². The topological polar surface area (TPSA) is 39.7 Å². The van der Waals surface area contributed by atoms with Crippen LogP contribution in [0.4, 0.5) is 4.39 Å². The number of thioether (sulfide) groups is 1. The van der Waals surface area contributed by atoms with E-state index < -0.39 is 0 Å². The molecule has 0 bridgehead atoms. The Morgan fingerprint density at radius 2 is 2.22 bits per heavy atom. The monoisotopic (exact) mass is 452 g/mol. The Labute approximate surface area is 159 Å². The van der Waals surface area contributed by atoms with E-state index in [1.807, 2.05) is 12.3 Å². The summed E-state index contributed by atoms with van der Waals surface area (Å²) in [4.78, 5) is 7.70. The number of halogens is 2. The fraction of sp³-hybridized carbons (Fsp3) is 0.562. The number of guanidine groups is 1. The van der Waals surface area contributed by atoms with E-state index in [2.05, 4.69) is 27.6 Å². The number of aliphatic imine (C=N–C) groups is 1. The molecule has 0 saturated carbocycles. The molecule has 1 fully saturated rings. The lowest BCUT2D eigenvalue weighted by atomic mass is 10.2. The second-order valence-electron chi connectivity index (χ2n) is 5.54. The van der Waals surface area contributed by atoms with E-state index in [0.29, 0.717) is 12.6 Å². The van der Waals surface area contributed by atoms with Crippen molar-refractivity contribution >= 4 is 41.7 Å². The molecular formula is C16H26FIN4S. The fourth-order valence-corrected chi connectivity index (χ4v) is 3.33. The first-order valence-corrected chi connectivity index (χ1v) is 8.83. The molecule has 130 valence electrons. The minimum absolute atomic E-state index is 0. The lowest BCUT2D eigenvalue weighted by Crippen LogP contribution is -2.43. The summed E-state index contributed by atoms with van der Waals surface area (Å²) < 4.78 is 13.4. The average molecular weight is 452 g/mol. The van der Waals surface area contributed by atoms with Gasteiger partial charge in [0.1, 0.15) is 5.82 Å². The summed E-state index contributed by atoms with van der Waals surface area (Å²) >= 11 is 1.62. The lowest BCUT2D eigenvalue weighted by molar-refractivity contribution is 0.309. The van der Waals surface area contributed by atoms with Gasteiger partial charge in [-0.1, -0.05) is 0 Å². The number of benzene rings is 1. The van der Waals surface area contributed by atoms with E-state index in [0.717, 1.165) is 23.0 Å². The molecule has 0 radical (unpaired) electrons. The van der Waals surface area contributed by atoms with Crippen LogP contribution in [0.5, 0.6) is 0 Å². The van der Waals surface area contributed by atoms with Crippen molar-refractivity contribution in [3.05, 3.63) is 29.6 Å². The van der Waals surface area contributed by atoms with Gasteiger partial charge >= 0.3 is 0 Å². The van der Waals surface area contributed by atoms with E-state index in [9.17, 15) is 4.39 Å². The molecule has 0 spiro atoms. The fourth-order valence-electron chi connectivity index (χ4n) is 2.74. The van der Waals surface area contributed by atoms with Crippen molar-refractivity contribution in [3.63, 3.8) is 0 Å². The van der Waals surface area contributed by atoms with Crippen molar-refractivity contribution < 1.29 is 4.39 Å². The molecular weight excluding hydrogens is 426 g/mol. The van der Waals surface area contributed by atoms with Gasteiger partial charge in [0.15, 0.2) is 5.96 Å². The third kappa shape index (κ3) is 6.11. The highest BCUT2D eigenvalue weighted by molar-refractivity contribution is 14.0. The molecule has 0 amide bonds. The number of nitrogens with zero attached hydrogens (tertiary/aromatic N) is 2. The van der Waals surface area contributed by atoms with Gasteiger partial charge < -0.3 is 15.5 Å². The standard InChI is InChI=1S/C16H25FN4S.HI/c1-18-16(20-11-14-5-4-8-21(14)2)19-10-12-9-13(17)6-7-15(12)22-3;/h6-7,9,14H,4-5,8,10-11H2,1-3H3,(H2,18,19,20);1H. The van der Waals surface area contributed by atoms with Crippen LogP contribution >= 0.6 is 35.7 Å². The first-order valence-electron chi connectivity index (χ1n) is 7.61. The highest BCUT2D eigenvalue weighted by Crippen LogP contribution is 2.21. The Morgan fingerprint density at radius 1 is 1.43 bits per heavy atom. The summed E-state index contributed by atoms with van der Waals surface area (Å²) in [6.07, 6.45) is 4.48. The predicted molar refractivity (Wildman–Crippen MR) is 107 cm³/mol. The van der Waals surface area contributed by atoms with Crippen LogP contribution in [0.15, 0.2) is 28.1 Å². The van der Waals surface area contributed by atoms with Gasteiger partial charge in [0.05, 0.1) is 0 Å². The van der Waals surface area contributed by atoms with Crippen molar-refractivity contribution in [3.8, 4) is 0 Å². The number of hydrogen-bond donors (Lipinski definition) is 2. The first-order chi connectivity index (χ1) is 10.6. The second-order valence-corrected chi connectivity index (χ2v) is 6.39. The minimum atomic E-state index is -0.204. The SMILES string of the molecule is CN=C(NCc1cc(F)ccc1SC)NCC1CCCN1C.I. The summed E-state index contributed by atoms with van der Waals surface area (Å²) in [7, 11) is 3.92. The minimum Gasteiger partial charge on any atom is -0.355 e. The van der Waals surface area contributed by atoms with Gasteiger partial charge in [0, 0.05) is 31.1 Å². The van der Waals surface area contributed by atoms with Crippen molar-refractivity contribution in [1.82, 2.24) is 15.5 Å².